The van der Waals surface area contributed by atoms with Crippen molar-refractivity contribution in [3.05, 3.63) is 23.1 Å². The molecule has 0 aromatic rings. The molecule has 0 aliphatic heterocycles. The van der Waals surface area contributed by atoms with Gasteiger partial charge in [-0.15, -0.1) is 0 Å². The van der Waals surface area contributed by atoms with Crippen molar-refractivity contribution < 1.29 is 9.90 Å². The number of Topliss-reactive ketones (excluding diaryl/α,β-unsaturated/α-hetero) is 1. The number of nitrogens with two attached hydrogens (primary N) is 1. The predicted molar refractivity (Wildman–Crippen MR) is 43.9 cm³/mol. The molecule has 0 aliphatic rings. The monoisotopic (exact) mass is 166 g/mol. The first-order valence-corrected chi connectivity index (χ1v) is 3.27. The summed E-state index contributed by atoms with van der Waals surface area (Å²) >= 11 is 0. The summed E-state index contributed by atoms with van der Waals surface area (Å²) in [5.74, 6) is -0.537. The number of hydrogen-bond donors (Lipinski definition) is 2. The van der Waals surface area contributed by atoms with Gasteiger partial charge in [-0.05, 0) is 13.8 Å². The summed E-state index contributed by atoms with van der Waals surface area (Å²) in [7, 11) is 0. The van der Waals surface area contributed by atoms with Gasteiger partial charge in [0.2, 0.25) is 0 Å². The van der Waals surface area contributed by atoms with Crippen LogP contribution in [0.4, 0.5) is 0 Å². The third kappa shape index (κ3) is 2.46. The first-order chi connectivity index (χ1) is 5.50. The number of nitrogens with zero attached hydrogens (tertiary/aromatic N) is 1. The Bertz CT molecular complexity index is 291. The summed E-state index contributed by atoms with van der Waals surface area (Å²) < 4.78 is 0. The van der Waals surface area contributed by atoms with E-state index in [4.69, 9.17) is 16.1 Å². The highest BCUT2D eigenvalue weighted by atomic mass is 16.3. The van der Waals surface area contributed by atoms with Gasteiger partial charge in [0.25, 0.3) is 0 Å². The van der Waals surface area contributed by atoms with Crippen LogP contribution in [0.2, 0.25) is 0 Å². The van der Waals surface area contributed by atoms with Crippen molar-refractivity contribution in [2.75, 3.05) is 0 Å². The van der Waals surface area contributed by atoms with Gasteiger partial charge in [-0.1, -0.05) is 0 Å². The zero-order valence-electron chi connectivity index (χ0n) is 6.96. The van der Waals surface area contributed by atoms with Gasteiger partial charge in [0.05, 0.1) is 17.3 Å². The molecular weight excluding hydrogens is 156 g/mol. The van der Waals surface area contributed by atoms with Gasteiger partial charge < -0.3 is 10.8 Å². The number of nitriles is 1. The van der Waals surface area contributed by atoms with Crippen LogP contribution in [0.3, 0.4) is 0 Å². The number of hydrogen-bond acceptors (Lipinski definition) is 4. The first-order valence-electron chi connectivity index (χ1n) is 3.27. The molecular formula is C8H10N2O2. The zero-order chi connectivity index (χ0) is 9.72. The number of carbonyl (C=O) groups is 1. The van der Waals surface area contributed by atoms with Crippen molar-refractivity contribution in [1.82, 2.24) is 0 Å². The van der Waals surface area contributed by atoms with E-state index >= 15 is 0 Å². The Kier molecular flexibility index (Phi) is 3.57. The summed E-state index contributed by atoms with van der Waals surface area (Å²) in [6.07, 6.45) is 1.01. The Morgan fingerprint density at radius 1 is 1.58 bits per heavy atom. The molecule has 12 heavy (non-hydrogen) atoms. The molecule has 0 radical (unpaired) electrons. The second-order valence-electron chi connectivity index (χ2n) is 2.25. The second kappa shape index (κ2) is 4.19. The van der Waals surface area contributed by atoms with Gasteiger partial charge in [0.1, 0.15) is 5.76 Å². The lowest BCUT2D eigenvalue weighted by molar-refractivity contribution is -0.113. The highest BCUT2D eigenvalue weighted by molar-refractivity contribution is 5.97. The molecule has 0 saturated carbocycles. The van der Waals surface area contributed by atoms with Crippen molar-refractivity contribution in [2.45, 2.75) is 13.8 Å². The van der Waals surface area contributed by atoms with E-state index in [0.717, 1.165) is 6.08 Å². The summed E-state index contributed by atoms with van der Waals surface area (Å²) in [5, 5.41) is 17.2. The summed E-state index contributed by atoms with van der Waals surface area (Å²) in [6, 6.07) is 1.67. The molecule has 3 N–H and O–H groups in total. The fourth-order valence-electron chi connectivity index (χ4n) is 0.809. The van der Waals surface area contributed by atoms with Crippen molar-refractivity contribution in [3.8, 4) is 6.07 Å². The van der Waals surface area contributed by atoms with Crippen LogP contribution in [0.15, 0.2) is 23.1 Å². The molecule has 4 nitrogen and oxygen atoms in total. The number of rotatable bonds is 2. The first kappa shape index (κ1) is 10.2. The molecule has 0 fully saturated rings. The minimum atomic E-state index is -0.362. The van der Waals surface area contributed by atoms with Gasteiger partial charge in [0, 0.05) is 6.08 Å². The largest absolute Gasteiger partial charge is 0.512 e. The molecule has 0 heterocycles. The quantitative estimate of drug-likeness (QED) is 0.274. The lowest BCUT2D eigenvalue weighted by Gasteiger charge is -2.02. The standard InChI is InChI=1S/C8H10N2O2/c1-5(11)8(6(2)12)7(10)3-4-9/h3,11H,10H2,1-2H3. The molecule has 0 bridgehead atoms. The van der Waals surface area contributed by atoms with E-state index in [1.807, 2.05) is 0 Å². The van der Waals surface area contributed by atoms with Gasteiger partial charge >= 0.3 is 0 Å². The third-order valence-corrected chi connectivity index (χ3v) is 1.22. The summed E-state index contributed by atoms with van der Waals surface area (Å²) in [4.78, 5) is 10.9. The minimum Gasteiger partial charge on any atom is -0.512 e. The molecule has 4 heteroatoms. The van der Waals surface area contributed by atoms with E-state index in [9.17, 15) is 4.79 Å². The SMILES string of the molecule is CC(=O)C(C(N)=CC#N)=C(C)O. The van der Waals surface area contributed by atoms with Crippen LogP contribution in [-0.4, -0.2) is 10.9 Å². The van der Waals surface area contributed by atoms with Crippen LogP contribution in [-0.2, 0) is 4.79 Å². The van der Waals surface area contributed by atoms with Crippen LogP contribution >= 0.6 is 0 Å². The van der Waals surface area contributed by atoms with Crippen LogP contribution in [0.25, 0.3) is 0 Å². The Balaban J connectivity index is 5.09. The molecule has 0 aliphatic carbocycles. The van der Waals surface area contributed by atoms with Gasteiger partial charge in [-0.2, -0.15) is 5.26 Å². The minimum absolute atomic E-state index is 0.00319. The van der Waals surface area contributed by atoms with Gasteiger partial charge in [-0.3, -0.25) is 4.79 Å². The Labute approximate surface area is 70.6 Å². The number of allylic oxidation sites excluding steroid dienone is 3. The topological polar surface area (TPSA) is 87.1 Å². The summed E-state index contributed by atoms with van der Waals surface area (Å²) in [5.41, 5.74) is 5.32. The maximum Gasteiger partial charge on any atom is 0.165 e. The zero-order valence-corrected chi connectivity index (χ0v) is 6.96. The second-order valence-corrected chi connectivity index (χ2v) is 2.25. The number of aliphatic hydroxyl groups excluding tert-OH is 1. The lowest BCUT2D eigenvalue weighted by Crippen LogP contribution is -2.10. The summed E-state index contributed by atoms with van der Waals surface area (Å²) in [6.45, 7) is 2.61. The van der Waals surface area contributed by atoms with E-state index < -0.39 is 0 Å². The van der Waals surface area contributed by atoms with Gasteiger partial charge in [0.15, 0.2) is 5.78 Å². The molecule has 64 valence electrons. The van der Waals surface area contributed by atoms with E-state index in [-0.39, 0.29) is 22.8 Å². The van der Waals surface area contributed by atoms with E-state index in [2.05, 4.69) is 0 Å². The molecule has 0 aromatic heterocycles. The highest BCUT2D eigenvalue weighted by Crippen LogP contribution is 2.09. The Morgan fingerprint density at radius 2 is 2.08 bits per heavy atom. The van der Waals surface area contributed by atoms with Crippen LogP contribution < -0.4 is 5.73 Å². The van der Waals surface area contributed by atoms with Crippen LogP contribution in [0.1, 0.15) is 13.8 Å². The van der Waals surface area contributed by atoms with Crippen molar-refractivity contribution in [2.24, 2.45) is 5.73 Å². The fraction of sp³-hybridized carbons (Fsp3) is 0.250. The molecule has 0 unspecified atom stereocenters. The maximum atomic E-state index is 10.9. The highest BCUT2D eigenvalue weighted by Gasteiger charge is 2.10. The van der Waals surface area contributed by atoms with E-state index in [1.54, 1.807) is 6.07 Å². The smallest absolute Gasteiger partial charge is 0.165 e. The van der Waals surface area contributed by atoms with Crippen LogP contribution in [0.5, 0.6) is 0 Å². The number of aliphatic hydroxyl groups is 1. The molecule has 0 rings (SSSR count). The van der Waals surface area contributed by atoms with Crippen LogP contribution in [0, 0.1) is 11.3 Å². The van der Waals surface area contributed by atoms with Gasteiger partial charge in [-0.25, -0.2) is 0 Å². The molecule has 0 saturated heterocycles. The average Bonchev–Trinajstić information content (AvgIpc) is 1.85. The van der Waals surface area contributed by atoms with Crippen molar-refractivity contribution in [3.63, 3.8) is 0 Å². The molecule has 0 spiro atoms. The molecule has 0 atom stereocenters. The van der Waals surface area contributed by atoms with Crippen molar-refractivity contribution >= 4 is 5.78 Å². The Hall–Kier alpha value is -1.76. The average molecular weight is 166 g/mol. The number of ketones is 1. The lowest BCUT2D eigenvalue weighted by atomic mass is 10.1. The van der Waals surface area contributed by atoms with E-state index in [0.29, 0.717) is 0 Å². The molecule has 0 aromatic carbocycles. The van der Waals surface area contributed by atoms with Crippen molar-refractivity contribution in [1.29, 1.82) is 5.26 Å². The normalized spacial score (nSPS) is 13.2. The fourth-order valence-corrected chi connectivity index (χ4v) is 0.809. The number of carbonyl (C=O) groups excluding carboxylic acids is 1. The Morgan fingerprint density at radius 3 is 2.33 bits per heavy atom. The van der Waals surface area contributed by atoms with E-state index in [1.165, 1.54) is 13.8 Å². The molecule has 0 amide bonds. The third-order valence-electron chi connectivity index (χ3n) is 1.22. The maximum absolute atomic E-state index is 10.9. The predicted octanol–water partition coefficient (Wildman–Crippen LogP) is 0.774.